The molecule has 1 N–H and O–H groups in total. The van der Waals surface area contributed by atoms with Crippen molar-refractivity contribution >= 4 is 25.5 Å². The quantitative estimate of drug-likeness (QED) is 0.771. The number of nitrogens with one attached hydrogen (secondary N) is 1. The molecular weight excluding hydrogens is 312 g/mol. The summed E-state index contributed by atoms with van der Waals surface area (Å²) in [5.74, 6) is -0.196. The first-order chi connectivity index (χ1) is 9.66. The molecule has 0 atom stereocenters. The van der Waals surface area contributed by atoms with Gasteiger partial charge in [-0.1, -0.05) is 6.92 Å². The SMILES string of the molecule is CCCNc1ccc(S(=O)(=O)N(C)CCS(C)(=O)=O)cc1. The summed E-state index contributed by atoms with van der Waals surface area (Å²) in [6, 6.07) is 6.44. The lowest BCUT2D eigenvalue weighted by Crippen LogP contribution is -2.31. The smallest absolute Gasteiger partial charge is 0.242 e. The highest BCUT2D eigenvalue weighted by Gasteiger charge is 2.21. The van der Waals surface area contributed by atoms with Crippen LogP contribution in [0.15, 0.2) is 29.2 Å². The molecule has 0 saturated heterocycles. The molecule has 0 aromatic heterocycles. The Kier molecular flexibility index (Phi) is 6.18. The highest BCUT2D eigenvalue weighted by Crippen LogP contribution is 2.17. The Balaban J connectivity index is 2.82. The van der Waals surface area contributed by atoms with E-state index >= 15 is 0 Å². The normalized spacial score (nSPS) is 12.6. The first-order valence-corrected chi connectivity index (χ1v) is 10.1. The van der Waals surface area contributed by atoms with E-state index in [9.17, 15) is 16.8 Å². The van der Waals surface area contributed by atoms with Crippen molar-refractivity contribution in [1.82, 2.24) is 4.31 Å². The summed E-state index contributed by atoms with van der Waals surface area (Å²) in [5, 5.41) is 3.16. The van der Waals surface area contributed by atoms with Gasteiger partial charge in [0.25, 0.3) is 0 Å². The van der Waals surface area contributed by atoms with Crippen molar-refractivity contribution in [2.45, 2.75) is 18.2 Å². The van der Waals surface area contributed by atoms with Gasteiger partial charge in [-0.25, -0.2) is 16.8 Å². The standard InChI is InChI=1S/C13H22N2O4S2/c1-4-9-14-12-5-7-13(8-6-12)21(18,19)15(2)10-11-20(3,16)17/h5-8,14H,4,9-11H2,1-3H3. The molecule has 120 valence electrons. The van der Waals surface area contributed by atoms with Crippen LogP contribution in [0.3, 0.4) is 0 Å². The van der Waals surface area contributed by atoms with Gasteiger partial charge < -0.3 is 5.32 Å². The molecule has 1 rings (SSSR count). The second-order valence-electron chi connectivity index (χ2n) is 4.91. The monoisotopic (exact) mass is 334 g/mol. The van der Waals surface area contributed by atoms with Crippen molar-refractivity contribution in [3.63, 3.8) is 0 Å². The summed E-state index contributed by atoms with van der Waals surface area (Å²) in [6.07, 6.45) is 2.07. The van der Waals surface area contributed by atoms with Gasteiger partial charge in [-0.15, -0.1) is 0 Å². The predicted molar refractivity (Wildman–Crippen MR) is 84.7 cm³/mol. The number of benzene rings is 1. The third-order valence-corrected chi connectivity index (χ3v) is 5.71. The number of anilines is 1. The molecule has 8 heteroatoms. The molecule has 0 fully saturated rings. The Hall–Kier alpha value is -1.12. The minimum absolute atomic E-state index is 0.0585. The van der Waals surface area contributed by atoms with E-state index < -0.39 is 19.9 Å². The fourth-order valence-electron chi connectivity index (χ4n) is 1.61. The van der Waals surface area contributed by atoms with Crippen LogP contribution in [-0.4, -0.2) is 53.3 Å². The molecule has 0 amide bonds. The van der Waals surface area contributed by atoms with Crippen molar-refractivity contribution in [3.05, 3.63) is 24.3 Å². The van der Waals surface area contributed by atoms with Gasteiger partial charge in [0, 0.05) is 32.1 Å². The number of sulfonamides is 1. The van der Waals surface area contributed by atoms with E-state index in [1.165, 1.54) is 19.2 Å². The Morgan fingerprint density at radius 2 is 1.67 bits per heavy atom. The first-order valence-electron chi connectivity index (χ1n) is 6.65. The maximum absolute atomic E-state index is 12.3. The maximum Gasteiger partial charge on any atom is 0.242 e. The summed E-state index contributed by atoms with van der Waals surface area (Å²) in [4.78, 5) is 0.153. The van der Waals surface area contributed by atoms with E-state index in [4.69, 9.17) is 0 Å². The van der Waals surface area contributed by atoms with Gasteiger partial charge in [-0.2, -0.15) is 4.31 Å². The van der Waals surface area contributed by atoms with Crippen LogP contribution in [0.2, 0.25) is 0 Å². The second kappa shape index (κ2) is 7.24. The molecule has 21 heavy (non-hydrogen) atoms. The minimum Gasteiger partial charge on any atom is -0.385 e. The lowest BCUT2D eigenvalue weighted by molar-refractivity contribution is 0.485. The lowest BCUT2D eigenvalue weighted by Gasteiger charge is -2.17. The number of sulfone groups is 1. The zero-order chi connectivity index (χ0) is 16.1. The molecule has 0 aliphatic heterocycles. The molecule has 1 aromatic carbocycles. The zero-order valence-electron chi connectivity index (χ0n) is 12.5. The Bertz CT molecular complexity index is 652. The van der Waals surface area contributed by atoms with Gasteiger partial charge in [0.05, 0.1) is 10.6 Å². The van der Waals surface area contributed by atoms with Crippen LogP contribution in [0.25, 0.3) is 0 Å². The number of hydrogen-bond acceptors (Lipinski definition) is 5. The van der Waals surface area contributed by atoms with Crippen LogP contribution in [0.1, 0.15) is 13.3 Å². The largest absolute Gasteiger partial charge is 0.385 e. The molecular formula is C13H22N2O4S2. The van der Waals surface area contributed by atoms with Crippen molar-refractivity contribution in [2.75, 3.05) is 37.5 Å². The fraction of sp³-hybridized carbons (Fsp3) is 0.538. The van der Waals surface area contributed by atoms with E-state index in [-0.39, 0.29) is 17.2 Å². The minimum atomic E-state index is -3.66. The van der Waals surface area contributed by atoms with Crippen LogP contribution >= 0.6 is 0 Å². The summed E-state index contributed by atoms with van der Waals surface area (Å²) in [6.45, 7) is 2.81. The summed E-state index contributed by atoms with van der Waals surface area (Å²) >= 11 is 0. The molecule has 0 radical (unpaired) electrons. The highest BCUT2D eigenvalue weighted by atomic mass is 32.2. The van der Waals surface area contributed by atoms with Gasteiger partial charge in [0.15, 0.2) is 0 Å². The van der Waals surface area contributed by atoms with E-state index in [1.54, 1.807) is 12.1 Å². The number of hydrogen-bond donors (Lipinski definition) is 1. The van der Waals surface area contributed by atoms with Crippen molar-refractivity contribution in [3.8, 4) is 0 Å². The molecule has 0 heterocycles. The third kappa shape index (κ3) is 5.64. The van der Waals surface area contributed by atoms with Crippen LogP contribution in [0.4, 0.5) is 5.69 Å². The summed E-state index contributed by atoms with van der Waals surface area (Å²) in [5.41, 5.74) is 0.856. The van der Waals surface area contributed by atoms with Crippen LogP contribution in [-0.2, 0) is 19.9 Å². The van der Waals surface area contributed by atoms with Crippen LogP contribution in [0.5, 0.6) is 0 Å². The Morgan fingerprint density at radius 3 is 2.14 bits per heavy atom. The number of nitrogens with zero attached hydrogens (tertiary/aromatic N) is 1. The molecule has 0 bridgehead atoms. The zero-order valence-corrected chi connectivity index (χ0v) is 14.2. The topological polar surface area (TPSA) is 83.6 Å². The molecule has 0 unspecified atom stereocenters. The third-order valence-electron chi connectivity index (χ3n) is 2.92. The van der Waals surface area contributed by atoms with E-state index in [2.05, 4.69) is 5.32 Å². The van der Waals surface area contributed by atoms with Crippen LogP contribution < -0.4 is 5.32 Å². The van der Waals surface area contributed by atoms with E-state index in [0.717, 1.165) is 29.2 Å². The highest BCUT2D eigenvalue weighted by molar-refractivity contribution is 7.91. The summed E-state index contributed by atoms with van der Waals surface area (Å²) in [7, 11) is -5.47. The Morgan fingerprint density at radius 1 is 1.10 bits per heavy atom. The molecule has 0 saturated carbocycles. The van der Waals surface area contributed by atoms with Crippen LogP contribution in [0, 0.1) is 0 Å². The molecule has 0 aliphatic carbocycles. The van der Waals surface area contributed by atoms with E-state index in [0.29, 0.717) is 0 Å². The lowest BCUT2D eigenvalue weighted by atomic mass is 10.3. The van der Waals surface area contributed by atoms with Crippen molar-refractivity contribution in [2.24, 2.45) is 0 Å². The molecule has 0 spiro atoms. The summed E-state index contributed by atoms with van der Waals surface area (Å²) < 4.78 is 47.9. The predicted octanol–water partition coefficient (Wildman–Crippen LogP) is 1.17. The van der Waals surface area contributed by atoms with Gasteiger partial charge in [-0.3, -0.25) is 0 Å². The average molecular weight is 334 g/mol. The molecule has 0 aliphatic rings. The molecule has 6 nitrogen and oxygen atoms in total. The molecule has 1 aromatic rings. The van der Waals surface area contributed by atoms with Gasteiger partial charge >= 0.3 is 0 Å². The Labute approximate surface area is 127 Å². The van der Waals surface area contributed by atoms with E-state index in [1.807, 2.05) is 6.92 Å². The van der Waals surface area contributed by atoms with Gasteiger partial charge in [-0.05, 0) is 30.7 Å². The van der Waals surface area contributed by atoms with Crippen molar-refractivity contribution in [1.29, 1.82) is 0 Å². The second-order valence-corrected chi connectivity index (χ2v) is 9.21. The average Bonchev–Trinajstić information content (AvgIpc) is 2.42. The van der Waals surface area contributed by atoms with Crippen molar-refractivity contribution < 1.29 is 16.8 Å². The van der Waals surface area contributed by atoms with Gasteiger partial charge in [0.1, 0.15) is 9.84 Å². The fourth-order valence-corrected chi connectivity index (χ4v) is 3.50. The number of rotatable bonds is 8. The van der Waals surface area contributed by atoms with Gasteiger partial charge in [0.2, 0.25) is 10.0 Å². The maximum atomic E-state index is 12.3. The first kappa shape index (κ1) is 17.9.